The van der Waals surface area contributed by atoms with Gasteiger partial charge in [-0.25, -0.2) is 0 Å². The van der Waals surface area contributed by atoms with Crippen LogP contribution in [0.3, 0.4) is 0 Å². The van der Waals surface area contributed by atoms with Crippen molar-refractivity contribution in [1.29, 1.82) is 0 Å². The van der Waals surface area contributed by atoms with E-state index in [0.717, 1.165) is 6.42 Å². The third-order valence-electron chi connectivity index (χ3n) is 5.38. The molecule has 0 saturated heterocycles. The maximum absolute atomic E-state index is 2.68. The summed E-state index contributed by atoms with van der Waals surface area (Å²) in [6.07, 6.45) is 1.11. The predicted molar refractivity (Wildman–Crippen MR) is 106 cm³/mol. The van der Waals surface area contributed by atoms with Gasteiger partial charge in [0.15, 0.2) is 0 Å². The van der Waals surface area contributed by atoms with Crippen LogP contribution in [0.4, 0.5) is 5.69 Å². The van der Waals surface area contributed by atoms with E-state index in [0.29, 0.717) is 6.04 Å². The van der Waals surface area contributed by atoms with Gasteiger partial charge in [-0.15, -0.1) is 0 Å². The second-order valence-corrected chi connectivity index (χ2v) is 8.68. The van der Waals surface area contributed by atoms with Crippen LogP contribution in [0.5, 0.6) is 0 Å². The van der Waals surface area contributed by atoms with Crippen molar-refractivity contribution in [1.82, 2.24) is 4.34 Å². The van der Waals surface area contributed by atoms with Gasteiger partial charge in [-0.2, -0.15) is 0 Å². The van der Waals surface area contributed by atoms with Crippen LogP contribution in [-0.2, 0) is 6.42 Å². The van der Waals surface area contributed by atoms with Crippen LogP contribution >= 0.6 is 8.22 Å². The van der Waals surface area contributed by atoms with E-state index in [-0.39, 0.29) is 0 Å². The average Bonchev–Trinajstić information content (AvgIpc) is 3.30. The number of benzene rings is 3. The zero-order valence-electron chi connectivity index (χ0n) is 13.7. The topological polar surface area (TPSA) is 8.17 Å². The fourth-order valence-electron chi connectivity index (χ4n) is 4.34. The Morgan fingerprint density at radius 2 is 1.56 bits per heavy atom. The first kappa shape index (κ1) is 13.7. The minimum absolute atomic E-state index is 0.455. The Labute approximate surface area is 148 Å². The molecule has 2 atom stereocenters. The van der Waals surface area contributed by atoms with E-state index in [2.05, 4.69) is 93.9 Å². The molecule has 2 aliphatic rings. The summed E-state index contributed by atoms with van der Waals surface area (Å²) in [5, 5.41) is 2.77. The lowest BCUT2D eigenvalue weighted by atomic mass is 10.1. The molecule has 6 rings (SSSR count). The Morgan fingerprint density at radius 3 is 2.48 bits per heavy atom. The van der Waals surface area contributed by atoms with E-state index in [1.807, 2.05) is 0 Å². The van der Waals surface area contributed by atoms with Crippen molar-refractivity contribution in [2.45, 2.75) is 12.5 Å². The van der Waals surface area contributed by atoms with Crippen molar-refractivity contribution < 1.29 is 0 Å². The van der Waals surface area contributed by atoms with Crippen LogP contribution in [-0.4, -0.2) is 4.34 Å². The second-order valence-electron chi connectivity index (χ2n) is 6.76. The molecule has 0 fully saturated rings. The molecule has 0 bridgehead atoms. The minimum Gasteiger partial charge on any atom is -0.320 e. The van der Waals surface area contributed by atoms with Gasteiger partial charge < -0.3 is 4.67 Å². The lowest BCUT2D eigenvalue weighted by Crippen LogP contribution is -2.19. The maximum atomic E-state index is 2.68. The second kappa shape index (κ2) is 4.97. The standard InChI is InChI=1S/C22H17N2P/c1-2-10-18(11-3-1)25-23-19-12-6-4-8-16(19)14-21(23)22-15-17-9-5-7-13-20(17)24(22)25/h1-14,22H,15H2. The number of aromatic nitrogens is 1. The monoisotopic (exact) mass is 340 g/mol. The molecular formula is C22H17N2P. The summed E-state index contributed by atoms with van der Waals surface area (Å²) < 4.78 is 5.29. The molecule has 3 heterocycles. The van der Waals surface area contributed by atoms with Crippen LogP contribution in [0.1, 0.15) is 17.3 Å². The van der Waals surface area contributed by atoms with Gasteiger partial charge in [-0.05, 0) is 23.8 Å². The van der Waals surface area contributed by atoms with Crippen molar-refractivity contribution in [3.8, 4) is 0 Å². The molecule has 3 heteroatoms. The van der Waals surface area contributed by atoms with Crippen molar-refractivity contribution in [3.63, 3.8) is 0 Å². The lowest BCUT2D eigenvalue weighted by Gasteiger charge is -2.28. The molecule has 25 heavy (non-hydrogen) atoms. The number of nitrogens with zero attached hydrogens (tertiary/aromatic N) is 2. The van der Waals surface area contributed by atoms with Gasteiger partial charge in [0.1, 0.15) is 8.22 Å². The number of para-hydroxylation sites is 2. The van der Waals surface area contributed by atoms with E-state index in [9.17, 15) is 0 Å². The summed E-state index contributed by atoms with van der Waals surface area (Å²) in [6, 6.07) is 31.6. The van der Waals surface area contributed by atoms with E-state index in [4.69, 9.17) is 0 Å². The first-order valence-corrected chi connectivity index (χ1v) is 9.99. The fourth-order valence-corrected chi connectivity index (χ4v) is 7.11. The summed E-state index contributed by atoms with van der Waals surface area (Å²) in [6.45, 7) is 0. The smallest absolute Gasteiger partial charge is 0.134 e. The molecule has 0 N–H and O–H groups in total. The minimum atomic E-state index is -0.596. The van der Waals surface area contributed by atoms with E-state index in [1.54, 1.807) is 0 Å². The van der Waals surface area contributed by atoms with Crippen LogP contribution in [0.25, 0.3) is 10.9 Å². The van der Waals surface area contributed by atoms with Gasteiger partial charge in [0.2, 0.25) is 0 Å². The number of anilines is 1. The number of hydrogen-bond donors (Lipinski definition) is 0. The van der Waals surface area contributed by atoms with Crippen LogP contribution in [0, 0.1) is 0 Å². The average molecular weight is 340 g/mol. The number of hydrogen-bond acceptors (Lipinski definition) is 1. The first-order valence-electron chi connectivity index (χ1n) is 8.75. The summed E-state index contributed by atoms with van der Waals surface area (Å²) in [5.41, 5.74) is 5.72. The van der Waals surface area contributed by atoms with Crippen molar-refractivity contribution in [2.75, 3.05) is 4.67 Å². The van der Waals surface area contributed by atoms with Crippen molar-refractivity contribution >= 4 is 30.1 Å². The summed E-state index contributed by atoms with van der Waals surface area (Å²) in [7, 11) is -0.596. The third-order valence-corrected chi connectivity index (χ3v) is 7.87. The van der Waals surface area contributed by atoms with E-state index >= 15 is 0 Å². The predicted octanol–water partition coefficient (Wildman–Crippen LogP) is 5.24. The molecule has 120 valence electrons. The Morgan fingerprint density at radius 1 is 0.800 bits per heavy atom. The zero-order chi connectivity index (χ0) is 16.4. The van der Waals surface area contributed by atoms with Gasteiger partial charge >= 0.3 is 0 Å². The quantitative estimate of drug-likeness (QED) is 0.430. The third kappa shape index (κ3) is 1.78. The van der Waals surface area contributed by atoms with Crippen molar-refractivity contribution in [3.05, 3.63) is 96.2 Å². The molecule has 2 aliphatic heterocycles. The molecule has 0 saturated carbocycles. The highest BCUT2D eigenvalue weighted by Crippen LogP contribution is 2.62. The summed E-state index contributed by atoms with van der Waals surface area (Å²) in [4.78, 5) is 0. The molecule has 0 radical (unpaired) electrons. The van der Waals surface area contributed by atoms with Gasteiger partial charge in [0.05, 0.1) is 11.6 Å². The van der Waals surface area contributed by atoms with Gasteiger partial charge in [0, 0.05) is 28.5 Å². The van der Waals surface area contributed by atoms with Crippen LogP contribution < -0.4 is 9.97 Å². The largest absolute Gasteiger partial charge is 0.320 e. The van der Waals surface area contributed by atoms with E-state index in [1.165, 1.54) is 33.2 Å². The Hall–Kier alpha value is -2.57. The zero-order valence-corrected chi connectivity index (χ0v) is 14.6. The van der Waals surface area contributed by atoms with Crippen molar-refractivity contribution in [2.24, 2.45) is 0 Å². The van der Waals surface area contributed by atoms with Crippen LogP contribution in [0.15, 0.2) is 84.9 Å². The normalized spacial score (nSPS) is 20.6. The van der Waals surface area contributed by atoms with E-state index < -0.39 is 8.22 Å². The highest BCUT2D eigenvalue weighted by molar-refractivity contribution is 7.66. The molecule has 2 nitrogen and oxygen atoms in total. The van der Waals surface area contributed by atoms with Gasteiger partial charge in [-0.1, -0.05) is 66.7 Å². The molecule has 4 aromatic rings. The molecular weight excluding hydrogens is 323 g/mol. The Kier molecular flexibility index (Phi) is 2.72. The molecule has 0 spiro atoms. The van der Waals surface area contributed by atoms with Gasteiger partial charge in [-0.3, -0.25) is 4.34 Å². The summed E-state index contributed by atoms with van der Waals surface area (Å²) >= 11 is 0. The number of fused-ring (bicyclic) bond motifs is 7. The maximum Gasteiger partial charge on any atom is 0.134 e. The Balaban J connectivity index is 1.66. The number of rotatable bonds is 1. The lowest BCUT2D eigenvalue weighted by molar-refractivity contribution is 0.775. The highest BCUT2D eigenvalue weighted by Gasteiger charge is 2.45. The molecule has 0 aliphatic carbocycles. The fraction of sp³-hybridized carbons (Fsp3) is 0.0909. The molecule has 2 unspecified atom stereocenters. The SMILES string of the molecule is c1ccc(P2N3c4ccccc4CC3c3cc4ccccc4n32)cc1. The Bertz CT molecular complexity index is 1100. The highest BCUT2D eigenvalue weighted by atomic mass is 31.1. The molecule has 3 aromatic carbocycles. The van der Waals surface area contributed by atoms with Crippen LogP contribution in [0.2, 0.25) is 0 Å². The molecule has 0 amide bonds. The summed E-state index contributed by atoms with van der Waals surface area (Å²) in [5.74, 6) is 0. The first-order chi connectivity index (χ1) is 12.4. The molecule has 1 aromatic heterocycles. The van der Waals surface area contributed by atoms with Gasteiger partial charge in [0.25, 0.3) is 0 Å².